The normalized spacial score (nSPS) is 10.2. The summed E-state index contributed by atoms with van der Waals surface area (Å²) in [5.74, 6) is 5.68. The van der Waals surface area contributed by atoms with Gasteiger partial charge in [-0.05, 0) is 31.5 Å². The molecule has 27 heavy (non-hydrogen) atoms. The first-order valence-electron chi connectivity index (χ1n) is 8.65. The molecule has 0 bridgehead atoms. The van der Waals surface area contributed by atoms with Crippen molar-refractivity contribution < 1.29 is 4.79 Å². The Balaban J connectivity index is 1.67. The third-order valence-corrected chi connectivity index (χ3v) is 4.47. The first kappa shape index (κ1) is 18.8. The minimum atomic E-state index is -0.269. The molecule has 0 saturated carbocycles. The van der Waals surface area contributed by atoms with Crippen molar-refractivity contribution in [2.24, 2.45) is 0 Å². The first-order valence-corrected chi connectivity index (χ1v) is 9.03. The summed E-state index contributed by atoms with van der Waals surface area (Å²) in [5.41, 5.74) is 4.17. The van der Waals surface area contributed by atoms with E-state index in [2.05, 4.69) is 22.3 Å². The summed E-state index contributed by atoms with van der Waals surface area (Å²) >= 11 is 6.42. The Labute approximate surface area is 164 Å². The Kier molecular flexibility index (Phi) is 5.95. The Morgan fingerprint density at radius 2 is 1.81 bits per heavy atom. The van der Waals surface area contributed by atoms with Gasteiger partial charge in [0, 0.05) is 5.56 Å². The SMILES string of the molecule is Cc1ccc(Cn2nc(C)c(C(=O)NCC#Cc3ccccc3)c2Cl)cc1. The third-order valence-electron chi connectivity index (χ3n) is 4.09. The lowest BCUT2D eigenvalue weighted by atomic mass is 10.1. The molecular formula is C22H20ClN3O. The van der Waals surface area contributed by atoms with Gasteiger partial charge < -0.3 is 5.32 Å². The topological polar surface area (TPSA) is 46.9 Å². The number of hydrogen-bond acceptors (Lipinski definition) is 2. The van der Waals surface area contributed by atoms with Crippen LogP contribution in [0.5, 0.6) is 0 Å². The molecule has 5 heteroatoms. The Morgan fingerprint density at radius 1 is 1.11 bits per heavy atom. The van der Waals surface area contributed by atoms with E-state index in [1.807, 2.05) is 61.5 Å². The van der Waals surface area contributed by atoms with Crippen molar-refractivity contribution in [3.05, 3.63) is 87.7 Å². The second-order valence-corrected chi connectivity index (χ2v) is 6.60. The lowest BCUT2D eigenvalue weighted by molar-refractivity contribution is 0.0958. The molecule has 0 aliphatic heterocycles. The van der Waals surface area contributed by atoms with Gasteiger partial charge >= 0.3 is 0 Å². The van der Waals surface area contributed by atoms with Crippen molar-refractivity contribution >= 4 is 17.5 Å². The fourth-order valence-corrected chi connectivity index (χ4v) is 2.98. The van der Waals surface area contributed by atoms with Crippen LogP contribution in [0, 0.1) is 25.7 Å². The molecule has 0 atom stereocenters. The highest BCUT2D eigenvalue weighted by molar-refractivity contribution is 6.33. The van der Waals surface area contributed by atoms with E-state index in [1.54, 1.807) is 11.6 Å². The molecule has 4 nitrogen and oxygen atoms in total. The maximum absolute atomic E-state index is 12.5. The molecule has 1 heterocycles. The van der Waals surface area contributed by atoms with E-state index < -0.39 is 0 Å². The number of aromatic nitrogens is 2. The van der Waals surface area contributed by atoms with Crippen LogP contribution >= 0.6 is 11.6 Å². The monoisotopic (exact) mass is 377 g/mol. The number of rotatable bonds is 4. The van der Waals surface area contributed by atoms with Gasteiger partial charge in [-0.2, -0.15) is 5.10 Å². The van der Waals surface area contributed by atoms with Crippen LogP contribution in [0.4, 0.5) is 0 Å². The molecule has 0 fully saturated rings. The highest BCUT2D eigenvalue weighted by Gasteiger charge is 2.19. The molecule has 136 valence electrons. The van der Waals surface area contributed by atoms with Gasteiger partial charge in [0.25, 0.3) is 5.91 Å². The van der Waals surface area contributed by atoms with Gasteiger partial charge in [0.2, 0.25) is 0 Å². The maximum Gasteiger partial charge on any atom is 0.257 e. The van der Waals surface area contributed by atoms with Crippen molar-refractivity contribution in [2.75, 3.05) is 6.54 Å². The smallest absolute Gasteiger partial charge is 0.257 e. The van der Waals surface area contributed by atoms with Crippen LogP contribution in [-0.2, 0) is 6.54 Å². The molecule has 1 aromatic heterocycles. The minimum absolute atomic E-state index is 0.243. The van der Waals surface area contributed by atoms with Gasteiger partial charge in [-0.3, -0.25) is 4.79 Å². The standard InChI is InChI=1S/C22H20ClN3O/c1-16-10-12-19(13-11-16)15-26-21(23)20(17(2)25-26)22(27)24-14-6-9-18-7-4-3-5-8-18/h3-5,7-8,10-13H,14-15H2,1-2H3,(H,24,27). The van der Waals surface area contributed by atoms with Crippen LogP contribution < -0.4 is 5.32 Å². The number of amides is 1. The number of carbonyl (C=O) groups is 1. The van der Waals surface area contributed by atoms with Gasteiger partial charge in [0.05, 0.1) is 24.3 Å². The molecule has 0 radical (unpaired) electrons. The summed E-state index contributed by atoms with van der Waals surface area (Å²) in [7, 11) is 0. The van der Waals surface area contributed by atoms with Gasteiger partial charge in [-0.15, -0.1) is 0 Å². The van der Waals surface area contributed by atoms with E-state index >= 15 is 0 Å². The van der Waals surface area contributed by atoms with E-state index in [4.69, 9.17) is 11.6 Å². The summed E-state index contributed by atoms with van der Waals surface area (Å²) in [4.78, 5) is 12.5. The number of nitrogens with zero attached hydrogens (tertiary/aromatic N) is 2. The number of carbonyl (C=O) groups excluding carboxylic acids is 1. The number of hydrogen-bond donors (Lipinski definition) is 1. The average Bonchev–Trinajstić information content (AvgIpc) is 2.95. The number of aryl methyl sites for hydroxylation is 2. The van der Waals surface area contributed by atoms with Crippen molar-refractivity contribution in [2.45, 2.75) is 20.4 Å². The summed E-state index contributed by atoms with van der Waals surface area (Å²) in [6, 6.07) is 17.8. The second-order valence-electron chi connectivity index (χ2n) is 6.24. The quantitative estimate of drug-likeness (QED) is 0.699. The zero-order valence-electron chi connectivity index (χ0n) is 15.3. The van der Waals surface area contributed by atoms with E-state index in [0.29, 0.717) is 23.0 Å². The fraction of sp³-hybridized carbons (Fsp3) is 0.182. The summed E-state index contributed by atoms with van der Waals surface area (Å²) in [5, 5.41) is 7.53. The number of benzene rings is 2. The largest absolute Gasteiger partial charge is 0.341 e. The zero-order chi connectivity index (χ0) is 19.2. The molecule has 3 aromatic rings. The van der Waals surface area contributed by atoms with Crippen LogP contribution in [0.3, 0.4) is 0 Å². The lowest BCUT2D eigenvalue weighted by Crippen LogP contribution is -2.24. The van der Waals surface area contributed by atoms with Gasteiger partial charge in [0.1, 0.15) is 5.15 Å². The molecule has 2 aromatic carbocycles. The van der Waals surface area contributed by atoms with Gasteiger partial charge in [-0.25, -0.2) is 4.68 Å². The number of halogens is 1. The summed E-state index contributed by atoms with van der Waals surface area (Å²) in [6.45, 7) is 4.58. The molecule has 1 N–H and O–H groups in total. The van der Waals surface area contributed by atoms with Crippen molar-refractivity contribution in [3.8, 4) is 11.8 Å². The van der Waals surface area contributed by atoms with Crippen LogP contribution in [0.2, 0.25) is 5.15 Å². The molecular weight excluding hydrogens is 358 g/mol. The molecule has 0 unspecified atom stereocenters. The second kappa shape index (κ2) is 8.57. The molecule has 3 rings (SSSR count). The number of nitrogens with one attached hydrogen (secondary N) is 1. The third kappa shape index (κ3) is 4.78. The van der Waals surface area contributed by atoms with Gasteiger partial charge in [-0.1, -0.05) is 71.5 Å². The van der Waals surface area contributed by atoms with E-state index in [1.165, 1.54) is 5.56 Å². The Morgan fingerprint density at radius 3 is 2.52 bits per heavy atom. The zero-order valence-corrected chi connectivity index (χ0v) is 16.0. The highest BCUT2D eigenvalue weighted by atomic mass is 35.5. The predicted molar refractivity (Wildman–Crippen MR) is 108 cm³/mol. The molecule has 0 aliphatic rings. The maximum atomic E-state index is 12.5. The Bertz CT molecular complexity index is 996. The molecule has 0 aliphatic carbocycles. The average molecular weight is 378 g/mol. The van der Waals surface area contributed by atoms with E-state index in [-0.39, 0.29) is 12.5 Å². The van der Waals surface area contributed by atoms with Crippen molar-refractivity contribution in [1.82, 2.24) is 15.1 Å². The highest BCUT2D eigenvalue weighted by Crippen LogP contribution is 2.21. The van der Waals surface area contributed by atoms with Crippen molar-refractivity contribution in [1.29, 1.82) is 0 Å². The van der Waals surface area contributed by atoms with Crippen LogP contribution in [0.1, 0.15) is 32.7 Å². The Hall–Kier alpha value is -3.03. The minimum Gasteiger partial charge on any atom is -0.341 e. The van der Waals surface area contributed by atoms with Crippen LogP contribution in [0.25, 0.3) is 0 Å². The van der Waals surface area contributed by atoms with Gasteiger partial charge in [0.15, 0.2) is 0 Å². The molecule has 1 amide bonds. The molecule has 0 saturated heterocycles. The lowest BCUT2D eigenvalue weighted by Gasteiger charge is -2.05. The fourth-order valence-electron chi connectivity index (χ4n) is 2.66. The van der Waals surface area contributed by atoms with Crippen LogP contribution in [-0.4, -0.2) is 22.2 Å². The van der Waals surface area contributed by atoms with Crippen molar-refractivity contribution in [3.63, 3.8) is 0 Å². The van der Waals surface area contributed by atoms with Crippen LogP contribution in [0.15, 0.2) is 54.6 Å². The van der Waals surface area contributed by atoms with E-state index in [0.717, 1.165) is 11.1 Å². The molecule has 0 spiro atoms. The summed E-state index contributed by atoms with van der Waals surface area (Å²) < 4.78 is 1.64. The first-order chi connectivity index (χ1) is 13.0. The van der Waals surface area contributed by atoms with E-state index in [9.17, 15) is 4.79 Å². The summed E-state index contributed by atoms with van der Waals surface area (Å²) in [6.07, 6.45) is 0. The predicted octanol–water partition coefficient (Wildman–Crippen LogP) is 3.98.